The lowest BCUT2D eigenvalue weighted by molar-refractivity contribution is 0.342. The molecule has 1 saturated carbocycles. The van der Waals surface area contributed by atoms with Gasteiger partial charge in [0.05, 0.1) is 7.11 Å². The minimum atomic E-state index is -0.304. The normalized spacial score (nSPS) is 25.1. The molecule has 3 unspecified atom stereocenters. The summed E-state index contributed by atoms with van der Waals surface area (Å²) in [5.74, 6) is 1.27. The third-order valence-corrected chi connectivity index (χ3v) is 4.17. The summed E-state index contributed by atoms with van der Waals surface area (Å²) < 4.78 is 18.5. The number of ether oxygens (including phenoxy) is 1. The van der Waals surface area contributed by atoms with Crippen molar-refractivity contribution < 1.29 is 9.13 Å². The molecule has 0 heterocycles. The maximum atomic E-state index is 13.6. The lowest BCUT2D eigenvalue weighted by atomic mass is 9.87. The Morgan fingerprint density at radius 2 is 2.22 bits per heavy atom. The van der Waals surface area contributed by atoms with Crippen molar-refractivity contribution in [3.63, 3.8) is 0 Å². The van der Waals surface area contributed by atoms with Gasteiger partial charge >= 0.3 is 0 Å². The zero-order valence-corrected chi connectivity index (χ0v) is 11.2. The van der Waals surface area contributed by atoms with Crippen molar-refractivity contribution in [2.75, 3.05) is 7.11 Å². The molecule has 2 nitrogen and oxygen atoms in total. The molecule has 0 radical (unpaired) electrons. The Labute approximate surface area is 108 Å². The first kappa shape index (κ1) is 13.3. The Kier molecular flexibility index (Phi) is 4.23. The van der Waals surface area contributed by atoms with Crippen LogP contribution in [0.15, 0.2) is 18.2 Å². The Bertz CT molecular complexity index is 407. The fraction of sp³-hybridized carbons (Fsp3) is 0.600. The summed E-state index contributed by atoms with van der Waals surface area (Å²) in [5, 5.41) is 0. The maximum Gasteiger partial charge on any atom is 0.165 e. The van der Waals surface area contributed by atoms with E-state index in [0.29, 0.717) is 17.6 Å². The molecule has 1 aromatic rings. The van der Waals surface area contributed by atoms with Gasteiger partial charge in [-0.15, -0.1) is 0 Å². The van der Waals surface area contributed by atoms with Gasteiger partial charge in [0.25, 0.3) is 0 Å². The molecule has 2 rings (SSSR count). The molecule has 0 spiro atoms. The van der Waals surface area contributed by atoms with Crippen molar-refractivity contribution in [3.8, 4) is 5.75 Å². The van der Waals surface area contributed by atoms with Gasteiger partial charge in [-0.05, 0) is 42.4 Å². The van der Waals surface area contributed by atoms with E-state index in [4.69, 9.17) is 10.5 Å². The molecule has 1 aliphatic rings. The van der Waals surface area contributed by atoms with E-state index in [0.717, 1.165) is 12.0 Å². The van der Waals surface area contributed by atoms with Gasteiger partial charge in [-0.3, -0.25) is 0 Å². The molecule has 3 heteroatoms. The van der Waals surface area contributed by atoms with Crippen LogP contribution in [0, 0.1) is 17.7 Å². The highest BCUT2D eigenvalue weighted by Crippen LogP contribution is 2.34. The molecule has 0 bridgehead atoms. The number of rotatable bonds is 4. The van der Waals surface area contributed by atoms with Crippen LogP contribution in [-0.4, -0.2) is 13.2 Å². The highest BCUT2D eigenvalue weighted by atomic mass is 19.1. The molecule has 0 aliphatic heterocycles. The van der Waals surface area contributed by atoms with Crippen LogP contribution in [0.5, 0.6) is 5.75 Å². The molecule has 0 amide bonds. The van der Waals surface area contributed by atoms with Gasteiger partial charge in [-0.1, -0.05) is 25.8 Å². The van der Waals surface area contributed by atoms with Crippen LogP contribution in [0.2, 0.25) is 0 Å². The number of methoxy groups -OCH3 is 1. The number of nitrogens with two attached hydrogens (primary N) is 1. The third kappa shape index (κ3) is 2.83. The summed E-state index contributed by atoms with van der Waals surface area (Å²) in [7, 11) is 1.48. The average molecular weight is 251 g/mol. The molecular formula is C15H22FNO. The van der Waals surface area contributed by atoms with Crippen molar-refractivity contribution in [2.45, 2.75) is 38.6 Å². The first-order valence-corrected chi connectivity index (χ1v) is 6.70. The highest BCUT2D eigenvalue weighted by Gasteiger charge is 2.28. The predicted octanol–water partition coefficient (Wildman–Crippen LogP) is 3.14. The minimum absolute atomic E-state index is 0.135. The SMILES string of the molecule is COc1ccc(CC(N)C2CCCC2C)cc1F. The molecule has 0 aromatic heterocycles. The fourth-order valence-corrected chi connectivity index (χ4v) is 3.07. The maximum absolute atomic E-state index is 13.6. The van der Waals surface area contributed by atoms with Crippen molar-refractivity contribution in [1.29, 1.82) is 0 Å². The molecule has 1 fully saturated rings. The number of benzene rings is 1. The Balaban J connectivity index is 2.02. The van der Waals surface area contributed by atoms with Crippen LogP contribution in [0.4, 0.5) is 4.39 Å². The number of hydrogen-bond acceptors (Lipinski definition) is 2. The second-order valence-corrected chi connectivity index (χ2v) is 5.41. The van der Waals surface area contributed by atoms with Crippen molar-refractivity contribution in [2.24, 2.45) is 17.6 Å². The molecule has 0 saturated heterocycles. The molecule has 1 aromatic carbocycles. The van der Waals surface area contributed by atoms with Crippen LogP contribution in [0.25, 0.3) is 0 Å². The third-order valence-electron chi connectivity index (χ3n) is 4.17. The zero-order valence-electron chi connectivity index (χ0n) is 11.2. The monoisotopic (exact) mass is 251 g/mol. The molecule has 2 N–H and O–H groups in total. The van der Waals surface area contributed by atoms with Gasteiger partial charge in [0.2, 0.25) is 0 Å². The zero-order chi connectivity index (χ0) is 13.1. The Morgan fingerprint density at radius 1 is 1.44 bits per heavy atom. The first-order chi connectivity index (χ1) is 8.61. The minimum Gasteiger partial charge on any atom is -0.494 e. The first-order valence-electron chi connectivity index (χ1n) is 6.70. The van der Waals surface area contributed by atoms with Gasteiger partial charge in [-0.2, -0.15) is 0 Å². The lowest BCUT2D eigenvalue weighted by Crippen LogP contribution is -2.33. The van der Waals surface area contributed by atoms with Crippen molar-refractivity contribution >= 4 is 0 Å². The van der Waals surface area contributed by atoms with E-state index in [1.807, 2.05) is 6.07 Å². The van der Waals surface area contributed by atoms with Crippen LogP contribution < -0.4 is 10.5 Å². The van der Waals surface area contributed by atoms with E-state index in [9.17, 15) is 4.39 Å². The topological polar surface area (TPSA) is 35.2 Å². The largest absolute Gasteiger partial charge is 0.494 e. The summed E-state index contributed by atoms with van der Waals surface area (Å²) in [6, 6.07) is 5.25. The van der Waals surface area contributed by atoms with Gasteiger partial charge in [0, 0.05) is 6.04 Å². The van der Waals surface area contributed by atoms with E-state index >= 15 is 0 Å². The average Bonchev–Trinajstić information content (AvgIpc) is 2.76. The smallest absolute Gasteiger partial charge is 0.165 e. The van der Waals surface area contributed by atoms with Crippen LogP contribution >= 0.6 is 0 Å². The van der Waals surface area contributed by atoms with E-state index in [1.165, 1.54) is 32.4 Å². The summed E-state index contributed by atoms with van der Waals surface area (Å²) >= 11 is 0. The number of halogens is 1. The Morgan fingerprint density at radius 3 is 2.78 bits per heavy atom. The molecule has 3 atom stereocenters. The standard InChI is InChI=1S/C15H22FNO/c1-10-4-3-5-12(10)14(17)9-11-6-7-15(18-2)13(16)8-11/h6-8,10,12,14H,3-5,9,17H2,1-2H3. The second kappa shape index (κ2) is 5.70. The van der Waals surface area contributed by atoms with Crippen LogP contribution in [0.1, 0.15) is 31.7 Å². The number of hydrogen-bond donors (Lipinski definition) is 1. The second-order valence-electron chi connectivity index (χ2n) is 5.41. The van der Waals surface area contributed by atoms with E-state index in [-0.39, 0.29) is 11.9 Å². The summed E-state index contributed by atoms with van der Waals surface area (Å²) in [4.78, 5) is 0. The van der Waals surface area contributed by atoms with Gasteiger partial charge < -0.3 is 10.5 Å². The summed E-state index contributed by atoms with van der Waals surface area (Å²) in [6.07, 6.45) is 4.50. The fourth-order valence-electron chi connectivity index (χ4n) is 3.07. The van der Waals surface area contributed by atoms with Crippen LogP contribution in [-0.2, 0) is 6.42 Å². The lowest BCUT2D eigenvalue weighted by Gasteiger charge is -2.23. The van der Waals surface area contributed by atoms with E-state index in [2.05, 4.69) is 6.92 Å². The van der Waals surface area contributed by atoms with Gasteiger partial charge in [0.15, 0.2) is 11.6 Å². The molecule has 100 valence electrons. The van der Waals surface area contributed by atoms with Crippen LogP contribution in [0.3, 0.4) is 0 Å². The molecule has 1 aliphatic carbocycles. The molecular weight excluding hydrogens is 229 g/mol. The van der Waals surface area contributed by atoms with Crippen molar-refractivity contribution in [3.05, 3.63) is 29.6 Å². The summed E-state index contributed by atoms with van der Waals surface area (Å²) in [6.45, 7) is 2.27. The van der Waals surface area contributed by atoms with E-state index < -0.39 is 0 Å². The predicted molar refractivity (Wildman–Crippen MR) is 71.1 cm³/mol. The van der Waals surface area contributed by atoms with E-state index in [1.54, 1.807) is 6.07 Å². The quantitative estimate of drug-likeness (QED) is 0.892. The van der Waals surface area contributed by atoms with Crippen molar-refractivity contribution in [1.82, 2.24) is 0 Å². The summed E-state index contributed by atoms with van der Waals surface area (Å²) in [5.41, 5.74) is 7.23. The highest BCUT2D eigenvalue weighted by molar-refractivity contribution is 5.29. The Hall–Kier alpha value is -1.09. The van der Waals surface area contributed by atoms with Gasteiger partial charge in [-0.25, -0.2) is 4.39 Å². The van der Waals surface area contributed by atoms with Gasteiger partial charge in [0.1, 0.15) is 0 Å². The molecule has 18 heavy (non-hydrogen) atoms.